The Bertz CT molecular complexity index is 1060. The first-order valence-corrected chi connectivity index (χ1v) is 9.19. The van der Waals surface area contributed by atoms with Gasteiger partial charge in [-0.15, -0.1) is 0 Å². The molecule has 1 atom stereocenters. The SMILES string of the molecule is CCn1c2ccccc2c2cc(N[C@H](C)c3nc(C(C)C)no3)ccc21. The van der Waals surface area contributed by atoms with Crippen molar-refractivity contribution in [3.63, 3.8) is 0 Å². The van der Waals surface area contributed by atoms with Crippen molar-refractivity contribution < 1.29 is 4.52 Å². The molecule has 2 heterocycles. The molecule has 0 saturated heterocycles. The minimum Gasteiger partial charge on any atom is -0.374 e. The molecule has 1 N–H and O–H groups in total. The Kier molecular flexibility index (Phi) is 4.15. The van der Waals surface area contributed by atoms with E-state index in [1.807, 2.05) is 6.92 Å². The molecule has 2 aromatic carbocycles. The number of para-hydroxylation sites is 1. The fourth-order valence-electron chi connectivity index (χ4n) is 3.45. The first-order chi connectivity index (χ1) is 12.6. The van der Waals surface area contributed by atoms with E-state index >= 15 is 0 Å². The molecular formula is C21H24N4O. The summed E-state index contributed by atoms with van der Waals surface area (Å²) in [6.45, 7) is 9.29. The maximum Gasteiger partial charge on any atom is 0.248 e. The predicted molar refractivity (Wildman–Crippen MR) is 106 cm³/mol. The van der Waals surface area contributed by atoms with Crippen LogP contribution >= 0.6 is 0 Å². The maximum absolute atomic E-state index is 5.41. The summed E-state index contributed by atoms with van der Waals surface area (Å²) in [6.07, 6.45) is 0. The fourth-order valence-corrected chi connectivity index (χ4v) is 3.45. The highest BCUT2D eigenvalue weighted by Gasteiger charge is 2.16. The van der Waals surface area contributed by atoms with Crippen molar-refractivity contribution in [2.45, 2.75) is 46.2 Å². The van der Waals surface area contributed by atoms with E-state index in [0.29, 0.717) is 5.89 Å². The van der Waals surface area contributed by atoms with Gasteiger partial charge < -0.3 is 14.4 Å². The monoisotopic (exact) mass is 348 g/mol. The van der Waals surface area contributed by atoms with Gasteiger partial charge in [0, 0.05) is 40.0 Å². The quantitative estimate of drug-likeness (QED) is 0.518. The van der Waals surface area contributed by atoms with Crippen LogP contribution in [0.2, 0.25) is 0 Å². The Hall–Kier alpha value is -2.82. The molecule has 4 rings (SSSR count). The molecule has 4 aromatic rings. The van der Waals surface area contributed by atoms with E-state index in [9.17, 15) is 0 Å². The van der Waals surface area contributed by atoms with E-state index in [1.165, 1.54) is 21.8 Å². The summed E-state index contributed by atoms with van der Waals surface area (Å²) in [7, 11) is 0. The standard InChI is InChI=1S/C21H24N4O/c1-5-25-18-9-7-6-8-16(18)17-12-15(10-11-19(17)25)22-14(4)21-23-20(13(2)3)24-26-21/h6-14,22H,5H2,1-4H3/t14-/m1/s1. The number of anilines is 1. The maximum atomic E-state index is 5.41. The van der Waals surface area contributed by atoms with E-state index in [0.717, 1.165) is 18.1 Å². The molecule has 0 aliphatic carbocycles. The van der Waals surface area contributed by atoms with Crippen molar-refractivity contribution in [2.24, 2.45) is 0 Å². The lowest BCUT2D eigenvalue weighted by Gasteiger charge is -2.11. The van der Waals surface area contributed by atoms with Gasteiger partial charge >= 0.3 is 0 Å². The zero-order valence-electron chi connectivity index (χ0n) is 15.7. The number of aryl methyl sites for hydroxylation is 1. The topological polar surface area (TPSA) is 55.9 Å². The van der Waals surface area contributed by atoms with Gasteiger partial charge in [-0.25, -0.2) is 0 Å². The Morgan fingerprint density at radius 2 is 1.81 bits per heavy atom. The number of hydrogen-bond donors (Lipinski definition) is 1. The van der Waals surface area contributed by atoms with Crippen LogP contribution in [0.3, 0.4) is 0 Å². The first-order valence-electron chi connectivity index (χ1n) is 9.19. The average molecular weight is 348 g/mol. The number of fused-ring (bicyclic) bond motifs is 3. The molecule has 0 amide bonds. The fraction of sp³-hybridized carbons (Fsp3) is 0.333. The number of nitrogens with zero attached hydrogens (tertiary/aromatic N) is 3. The summed E-state index contributed by atoms with van der Waals surface area (Å²) in [5, 5.41) is 10.1. The highest BCUT2D eigenvalue weighted by atomic mass is 16.5. The van der Waals surface area contributed by atoms with E-state index in [1.54, 1.807) is 0 Å². The van der Waals surface area contributed by atoms with Crippen LogP contribution in [0.5, 0.6) is 0 Å². The molecule has 0 unspecified atom stereocenters. The van der Waals surface area contributed by atoms with E-state index in [-0.39, 0.29) is 12.0 Å². The minimum absolute atomic E-state index is 0.0491. The van der Waals surface area contributed by atoms with Gasteiger partial charge in [0.15, 0.2) is 5.82 Å². The highest BCUT2D eigenvalue weighted by molar-refractivity contribution is 6.09. The lowest BCUT2D eigenvalue weighted by atomic mass is 10.1. The molecule has 0 saturated carbocycles. The molecule has 134 valence electrons. The van der Waals surface area contributed by atoms with Crippen LogP contribution in [-0.4, -0.2) is 14.7 Å². The van der Waals surface area contributed by atoms with Gasteiger partial charge in [-0.1, -0.05) is 37.2 Å². The van der Waals surface area contributed by atoms with Crippen molar-refractivity contribution in [1.82, 2.24) is 14.7 Å². The average Bonchev–Trinajstić information content (AvgIpc) is 3.25. The highest BCUT2D eigenvalue weighted by Crippen LogP contribution is 2.32. The van der Waals surface area contributed by atoms with Gasteiger partial charge in [-0.05, 0) is 38.1 Å². The normalized spacial score (nSPS) is 13.0. The Balaban J connectivity index is 1.70. The van der Waals surface area contributed by atoms with Gasteiger partial charge in [-0.2, -0.15) is 4.98 Å². The predicted octanol–water partition coefficient (Wildman–Crippen LogP) is 5.49. The van der Waals surface area contributed by atoms with Crippen molar-refractivity contribution in [2.75, 3.05) is 5.32 Å². The molecule has 0 radical (unpaired) electrons. The third-order valence-corrected chi connectivity index (χ3v) is 4.82. The zero-order valence-corrected chi connectivity index (χ0v) is 15.7. The number of benzene rings is 2. The largest absolute Gasteiger partial charge is 0.374 e. The molecule has 5 heteroatoms. The second kappa shape index (κ2) is 6.48. The summed E-state index contributed by atoms with van der Waals surface area (Å²) in [6, 6.07) is 15.0. The van der Waals surface area contributed by atoms with Gasteiger partial charge in [-0.3, -0.25) is 0 Å². The summed E-state index contributed by atoms with van der Waals surface area (Å²) >= 11 is 0. The Labute approximate surface area is 153 Å². The minimum atomic E-state index is -0.0491. The second-order valence-electron chi connectivity index (χ2n) is 7.00. The van der Waals surface area contributed by atoms with E-state index in [4.69, 9.17) is 4.52 Å². The Morgan fingerprint density at radius 3 is 2.54 bits per heavy atom. The van der Waals surface area contributed by atoms with Crippen molar-refractivity contribution in [1.29, 1.82) is 0 Å². The molecule has 5 nitrogen and oxygen atoms in total. The smallest absolute Gasteiger partial charge is 0.248 e. The van der Waals surface area contributed by atoms with Gasteiger partial charge in [0.25, 0.3) is 0 Å². The lowest BCUT2D eigenvalue weighted by molar-refractivity contribution is 0.361. The number of aromatic nitrogens is 3. The van der Waals surface area contributed by atoms with Crippen LogP contribution in [0.4, 0.5) is 5.69 Å². The molecule has 2 aromatic heterocycles. The molecular weight excluding hydrogens is 324 g/mol. The molecule has 0 fully saturated rings. The van der Waals surface area contributed by atoms with Crippen LogP contribution in [-0.2, 0) is 6.54 Å². The van der Waals surface area contributed by atoms with Crippen LogP contribution in [0, 0.1) is 0 Å². The third-order valence-electron chi connectivity index (χ3n) is 4.82. The van der Waals surface area contributed by atoms with E-state index in [2.05, 4.69) is 83.3 Å². The van der Waals surface area contributed by atoms with Crippen LogP contribution < -0.4 is 5.32 Å². The van der Waals surface area contributed by atoms with Crippen molar-refractivity contribution in [3.8, 4) is 0 Å². The van der Waals surface area contributed by atoms with Crippen molar-refractivity contribution >= 4 is 27.5 Å². The molecule has 0 bridgehead atoms. The molecule has 0 spiro atoms. The van der Waals surface area contributed by atoms with Gasteiger partial charge in [0.05, 0.1) is 0 Å². The second-order valence-corrected chi connectivity index (χ2v) is 7.00. The van der Waals surface area contributed by atoms with Crippen LogP contribution in [0.15, 0.2) is 47.0 Å². The number of hydrogen-bond acceptors (Lipinski definition) is 4. The van der Waals surface area contributed by atoms with Gasteiger partial charge in [0.1, 0.15) is 6.04 Å². The Morgan fingerprint density at radius 1 is 1.04 bits per heavy atom. The lowest BCUT2D eigenvalue weighted by Crippen LogP contribution is -2.07. The van der Waals surface area contributed by atoms with E-state index < -0.39 is 0 Å². The van der Waals surface area contributed by atoms with Crippen molar-refractivity contribution in [3.05, 3.63) is 54.2 Å². The molecule has 0 aliphatic heterocycles. The first kappa shape index (κ1) is 16.6. The molecule has 0 aliphatic rings. The third kappa shape index (κ3) is 2.73. The van der Waals surface area contributed by atoms with Crippen LogP contribution in [0.25, 0.3) is 21.8 Å². The van der Waals surface area contributed by atoms with Crippen LogP contribution in [0.1, 0.15) is 51.4 Å². The van der Waals surface area contributed by atoms with Gasteiger partial charge in [0.2, 0.25) is 5.89 Å². The number of nitrogens with one attached hydrogen (secondary N) is 1. The summed E-state index contributed by atoms with van der Waals surface area (Å²) < 4.78 is 7.76. The molecule has 26 heavy (non-hydrogen) atoms. The summed E-state index contributed by atoms with van der Waals surface area (Å²) in [5.74, 6) is 1.62. The zero-order chi connectivity index (χ0) is 18.3. The number of rotatable bonds is 5. The summed E-state index contributed by atoms with van der Waals surface area (Å²) in [5.41, 5.74) is 3.58. The summed E-state index contributed by atoms with van der Waals surface area (Å²) in [4.78, 5) is 4.49.